The molecule has 122 valence electrons. The SMILES string of the molecule is CCS(=O)(=O)N1CC2(C1)OCCC2COCc1ccccn1. The zero-order valence-corrected chi connectivity index (χ0v) is 13.6. The maximum Gasteiger partial charge on any atom is 0.214 e. The largest absolute Gasteiger partial charge is 0.375 e. The number of sulfonamides is 1. The van der Waals surface area contributed by atoms with Crippen molar-refractivity contribution in [3.63, 3.8) is 0 Å². The second-order valence-electron chi connectivity index (χ2n) is 5.90. The third-order valence-electron chi connectivity index (χ3n) is 4.54. The number of nitrogens with zero attached hydrogens (tertiary/aromatic N) is 2. The van der Waals surface area contributed by atoms with Crippen LogP contribution in [-0.2, 0) is 26.1 Å². The van der Waals surface area contributed by atoms with Crippen LogP contribution in [0.1, 0.15) is 19.0 Å². The van der Waals surface area contributed by atoms with E-state index in [0.717, 1.165) is 12.1 Å². The van der Waals surface area contributed by atoms with Crippen molar-refractivity contribution in [1.29, 1.82) is 0 Å². The molecule has 6 nitrogen and oxygen atoms in total. The van der Waals surface area contributed by atoms with E-state index in [4.69, 9.17) is 9.47 Å². The number of ether oxygens (including phenoxy) is 2. The molecule has 0 amide bonds. The molecule has 1 unspecified atom stereocenters. The fourth-order valence-corrected chi connectivity index (χ4v) is 4.28. The lowest BCUT2D eigenvalue weighted by Crippen LogP contribution is -2.66. The van der Waals surface area contributed by atoms with Crippen molar-refractivity contribution < 1.29 is 17.9 Å². The third kappa shape index (κ3) is 3.03. The van der Waals surface area contributed by atoms with E-state index in [0.29, 0.717) is 32.9 Å². The molecule has 0 bridgehead atoms. The lowest BCUT2D eigenvalue weighted by molar-refractivity contribution is -0.115. The topological polar surface area (TPSA) is 68.7 Å². The molecule has 22 heavy (non-hydrogen) atoms. The van der Waals surface area contributed by atoms with E-state index >= 15 is 0 Å². The Hall–Kier alpha value is -1.02. The van der Waals surface area contributed by atoms with Gasteiger partial charge >= 0.3 is 0 Å². The van der Waals surface area contributed by atoms with Gasteiger partial charge < -0.3 is 9.47 Å². The maximum absolute atomic E-state index is 11.9. The highest BCUT2D eigenvalue weighted by molar-refractivity contribution is 7.89. The first-order chi connectivity index (χ1) is 10.6. The highest BCUT2D eigenvalue weighted by Gasteiger charge is 2.55. The van der Waals surface area contributed by atoms with Crippen LogP contribution in [-0.4, -0.2) is 55.4 Å². The summed E-state index contributed by atoms with van der Waals surface area (Å²) in [4.78, 5) is 4.22. The normalized spacial score (nSPS) is 24.5. The monoisotopic (exact) mass is 326 g/mol. The van der Waals surface area contributed by atoms with Crippen molar-refractivity contribution in [2.24, 2.45) is 5.92 Å². The lowest BCUT2D eigenvalue weighted by atomic mass is 9.83. The van der Waals surface area contributed by atoms with Crippen LogP contribution in [0.4, 0.5) is 0 Å². The molecule has 0 N–H and O–H groups in total. The molecule has 1 aromatic rings. The van der Waals surface area contributed by atoms with E-state index in [2.05, 4.69) is 4.98 Å². The van der Waals surface area contributed by atoms with Gasteiger partial charge in [0.25, 0.3) is 0 Å². The van der Waals surface area contributed by atoms with Crippen LogP contribution >= 0.6 is 0 Å². The molecule has 1 atom stereocenters. The minimum absolute atomic E-state index is 0.143. The molecule has 0 saturated carbocycles. The van der Waals surface area contributed by atoms with Crippen LogP contribution in [0.3, 0.4) is 0 Å². The minimum atomic E-state index is -3.11. The summed E-state index contributed by atoms with van der Waals surface area (Å²) in [6.45, 7) is 4.32. The van der Waals surface area contributed by atoms with Gasteiger partial charge in [0, 0.05) is 31.8 Å². The molecule has 2 fully saturated rings. The van der Waals surface area contributed by atoms with Crippen LogP contribution in [0.15, 0.2) is 24.4 Å². The third-order valence-corrected chi connectivity index (χ3v) is 6.32. The lowest BCUT2D eigenvalue weighted by Gasteiger charge is -2.49. The highest BCUT2D eigenvalue weighted by atomic mass is 32.2. The summed E-state index contributed by atoms with van der Waals surface area (Å²) >= 11 is 0. The predicted molar refractivity (Wildman–Crippen MR) is 81.7 cm³/mol. The Morgan fingerprint density at radius 2 is 2.27 bits per heavy atom. The number of pyridine rings is 1. The second kappa shape index (κ2) is 6.23. The van der Waals surface area contributed by atoms with E-state index in [1.807, 2.05) is 18.2 Å². The molecule has 3 heterocycles. The van der Waals surface area contributed by atoms with Gasteiger partial charge in [-0.2, -0.15) is 4.31 Å². The van der Waals surface area contributed by atoms with Crippen LogP contribution in [0.5, 0.6) is 0 Å². The molecule has 3 rings (SSSR count). The Bertz CT molecular complexity index is 599. The highest BCUT2D eigenvalue weighted by Crippen LogP contribution is 2.41. The van der Waals surface area contributed by atoms with Crippen LogP contribution in [0, 0.1) is 5.92 Å². The average Bonchev–Trinajstić information content (AvgIpc) is 2.91. The van der Waals surface area contributed by atoms with Gasteiger partial charge in [-0.25, -0.2) is 8.42 Å². The van der Waals surface area contributed by atoms with Gasteiger partial charge in [-0.3, -0.25) is 4.98 Å². The molecule has 2 aliphatic rings. The molecular formula is C15H22N2O4S. The summed E-state index contributed by atoms with van der Waals surface area (Å²) in [5, 5.41) is 0. The average molecular weight is 326 g/mol. The Kier molecular flexibility index (Phi) is 4.49. The summed E-state index contributed by atoms with van der Waals surface area (Å²) in [5.74, 6) is 0.392. The van der Waals surface area contributed by atoms with E-state index in [9.17, 15) is 8.42 Å². The van der Waals surface area contributed by atoms with Gasteiger partial charge in [0.1, 0.15) is 5.60 Å². The summed E-state index contributed by atoms with van der Waals surface area (Å²) in [6.07, 6.45) is 2.67. The van der Waals surface area contributed by atoms with Crippen molar-refractivity contribution in [3.05, 3.63) is 30.1 Å². The van der Waals surface area contributed by atoms with Crippen LogP contribution in [0.25, 0.3) is 0 Å². The molecule has 0 radical (unpaired) electrons. The van der Waals surface area contributed by atoms with E-state index < -0.39 is 10.0 Å². The second-order valence-corrected chi connectivity index (χ2v) is 8.16. The van der Waals surface area contributed by atoms with Gasteiger partial charge in [0.05, 0.1) is 24.7 Å². The molecule has 0 aliphatic carbocycles. The fourth-order valence-electron chi connectivity index (χ4n) is 3.09. The summed E-state index contributed by atoms with van der Waals surface area (Å²) in [7, 11) is -3.11. The first-order valence-corrected chi connectivity index (χ1v) is 9.26. The van der Waals surface area contributed by atoms with Gasteiger partial charge in [-0.15, -0.1) is 0 Å². The van der Waals surface area contributed by atoms with Gasteiger partial charge in [-0.05, 0) is 25.5 Å². The van der Waals surface area contributed by atoms with Crippen molar-refractivity contribution in [2.45, 2.75) is 25.6 Å². The van der Waals surface area contributed by atoms with E-state index in [-0.39, 0.29) is 17.3 Å². The van der Waals surface area contributed by atoms with Crippen molar-refractivity contribution >= 4 is 10.0 Å². The standard InChI is InChI=1S/C15H22N2O4S/c1-2-22(18,19)17-11-15(12-17)13(6-8-21-15)9-20-10-14-5-3-4-7-16-14/h3-5,7,13H,2,6,8-12H2,1H3. The quantitative estimate of drug-likeness (QED) is 0.781. The minimum Gasteiger partial charge on any atom is -0.375 e. The summed E-state index contributed by atoms with van der Waals surface area (Å²) < 4.78 is 36.9. The first kappa shape index (κ1) is 15.9. The van der Waals surface area contributed by atoms with Gasteiger partial charge in [-0.1, -0.05) is 6.07 Å². The predicted octanol–water partition coefficient (Wildman–Crippen LogP) is 1.04. The number of rotatable bonds is 6. The Balaban J connectivity index is 1.52. The Morgan fingerprint density at radius 1 is 1.45 bits per heavy atom. The molecular weight excluding hydrogens is 304 g/mol. The summed E-state index contributed by atoms with van der Waals surface area (Å²) in [5.41, 5.74) is 0.561. The smallest absolute Gasteiger partial charge is 0.214 e. The van der Waals surface area contributed by atoms with Crippen molar-refractivity contribution in [3.8, 4) is 0 Å². The first-order valence-electron chi connectivity index (χ1n) is 7.65. The van der Waals surface area contributed by atoms with Gasteiger partial charge in [0.2, 0.25) is 10.0 Å². The molecule has 2 saturated heterocycles. The molecule has 7 heteroatoms. The van der Waals surface area contributed by atoms with Crippen LogP contribution in [0.2, 0.25) is 0 Å². The van der Waals surface area contributed by atoms with E-state index in [1.54, 1.807) is 13.1 Å². The van der Waals surface area contributed by atoms with Crippen molar-refractivity contribution in [1.82, 2.24) is 9.29 Å². The zero-order valence-electron chi connectivity index (χ0n) is 12.8. The number of hydrogen-bond donors (Lipinski definition) is 0. The van der Waals surface area contributed by atoms with Crippen molar-refractivity contribution in [2.75, 3.05) is 32.1 Å². The summed E-state index contributed by atoms with van der Waals surface area (Å²) in [6, 6.07) is 5.74. The molecule has 2 aliphatic heterocycles. The van der Waals surface area contributed by atoms with E-state index in [1.165, 1.54) is 4.31 Å². The Labute approximate surface area is 131 Å². The van der Waals surface area contributed by atoms with Crippen LogP contribution < -0.4 is 0 Å². The number of hydrogen-bond acceptors (Lipinski definition) is 5. The molecule has 0 aromatic carbocycles. The Morgan fingerprint density at radius 3 is 2.95 bits per heavy atom. The number of aromatic nitrogens is 1. The molecule has 1 aromatic heterocycles. The molecule has 1 spiro atoms. The maximum atomic E-state index is 11.9. The van der Waals surface area contributed by atoms with Gasteiger partial charge in [0.15, 0.2) is 0 Å². The zero-order chi connectivity index (χ0) is 15.6. The fraction of sp³-hybridized carbons (Fsp3) is 0.667.